The second-order valence-electron chi connectivity index (χ2n) is 24.5. The Bertz CT molecular complexity index is 2020. The Morgan fingerprint density at radius 3 is 1.83 bits per heavy atom. The van der Waals surface area contributed by atoms with Crippen molar-refractivity contribution < 1.29 is 113 Å². The minimum absolute atomic E-state index is 0.0281. The molecule has 6 aliphatic heterocycles. The molecule has 6 heterocycles. The topological polar surface area (TPSA) is 344 Å². The fraction of sp³-hybridized carbons (Fsp3) is 0.962. The van der Waals surface area contributed by atoms with Gasteiger partial charge in [0.2, 0.25) is 0 Å². The molecule has 0 amide bonds. The van der Waals surface area contributed by atoms with Crippen molar-refractivity contribution in [2.75, 3.05) is 26.9 Å². The van der Waals surface area contributed by atoms with Gasteiger partial charge in [-0.25, -0.2) is 0 Å². The average Bonchev–Trinajstić information content (AvgIpc) is 4.01. The molecule has 1 spiro atoms. The van der Waals surface area contributed by atoms with Crippen LogP contribution in [0, 0.1) is 40.4 Å². The molecule has 9 fully saturated rings. The molecule has 10 aliphatic rings. The average molecular weight is 1080 g/mol. The summed E-state index contributed by atoms with van der Waals surface area (Å²) in [6.07, 6.45) is -21.9. The molecule has 0 aromatic rings. The molecule has 430 valence electrons. The van der Waals surface area contributed by atoms with Crippen molar-refractivity contribution in [3.8, 4) is 0 Å². The molecule has 12 N–H and O–H groups in total. The summed E-state index contributed by atoms with van der Waals surface area (Å²) in [6, 6.07) is 0. The lowest BCUT2D eigenvalue weighted by atomic mass is 9.46. The lowest BCUT2D eigenvalue weighted by Crippen LogP contribution is -2.66. The largest absolute Gasteiger partial charge is 0.394 e. The van der Waals surface area contributed by atoms with Gasteiger partial charge in [0.25, 0.3) is 0 Å². The van der Waals surface area contributed by atoms with E-state index in [0.717, 1.165) is 25.7 Å². The van der Waals surface area contributed by atoms with Gasteiger partial charge >= 0.3 is 0 Å². The SMILES string of the molecule is CO[C@H]1C=C2C[C@@H](O[C@@H]3O[C@H](CO)[C@@H](O[C@@H]4O[C@@H](C)[C@H](O)[C@@H](O)[C@H]4O)[C@H](O)[C@H]3O[C@@H]3O[C@@H](C)[C@H](O)[C@@H](O)[C@H]3O)CC[C@]2(C)[C@H]2CC[C@]3(C)[C@H]4[C@H](C[C@@H]3[C@H]12)O[C@]1(CC[C@@](C)(CO[C@@H]2O[C@H](CO)[C@@H](O)[C@H](O)[C@H]2O)O1)[C@H]4C. The van der Waals surface area contributed by atoms with Gasteiger partial charge in [-0.3, -0.25) is 0 Å². The van der Waals surface area contributed by atoms with Crippen molar-refractivity contribution in [2.24, 2.45) is 40.4 Å². The molecule has 6 saturated heterocycles. The summed E-state index contributed by atoms with van der Waals surface area (Å²) in [6.45, 7) is 10.6. The van der Waals surface area contributed by atoms with Crippen LogP contribution in [0.25, 0.3) is 0 Å². The molecular formula is C52H84O23. The van der Waals surface area contributed by atoms with Gasteiger partial charge < -0.3 is 113 Å². The number of ether oxygens (including phenoxy) is 11. The first-order valence-corrected chi connectivity index (χ1v) is 27.3. The monoisotopic (exact) mass is 1080 g/mol. The molecule has 23 heteroatoms. The van der Waals surface area contributed by atoms with Crippen LogP contribution in [-0.2, 0) is 52.1 Å². The van der Waals surface area contributed by atoms with Gasteiger partial charge in [-0.05, 0) is 100 Å². The van der Waals surface area contributed by atoms with Crippen LogP contribution in [-0.4, -0.2) is 241 Å². The van der Waals surface area contributed by atoms with Gasteiger partial charge in [0.15, 0.2) is 30.9 Å². The van der Waals surface area contributed by atoms with Crippen LogP contribution in [0.15, 0.2) is 11.6 Å². The fourth-order valence-corrected chi connectivity index (χ4v) is 15.8. The number of aliphatic hydroxyl groups excluding tert-OH is 12. The molecule has 23 nitrogen and oxygen atoms in total. The van der Waals surface area contributed by atoms with Gasteiger partial charge in [-0.1, -0.05) is 32.4 Å². The third kappa shape index (κ3) is 9.62. The van der Waals surface area contributed by atoms with Crippen molar-refractivity contribution >= 4 is 0 Å². The first-order valence-electron chi connectivity index (χ1n) is 27.3. The highest BCUT2D eigenvalue weighted by Gasteiger charge is 2.71. The zero-order valence-electron chi connectivity index (χ0n) is 43.9. The van der Waals surface area contributed by atoms with Crippen molar-refractivity contribution in [1.82, 2.24) is 0 Å². The van der Waals surface area contributed by atoms with Gasteiger partial charge in [-0.15, -0.1) is 0 Å². The van der Waals surface area contributed by atoms with E-state index < -0.39 is 154 Å². The maximum atomic E-state index is 12.1. The van der Waals surface area contributed by atoms with E-state index in [1.54, 1.807) is 7.11 Å². The zero-order chi connectivity index (χ0) is 54.0. The fourth-order valence-electron chi connectivity index (χ4n) is 15.8. The first kappa shape index (κ1) is 57.1. The summed E-state index contributed by atoms with van der Waals surface area (Å²) in [4.78, 5) is 0. The first-order chi connectivity index (χ1) is 35.4. The van der Waals surface area contributed by atoms with Crippen LogP contribution >= 0.6 is 0 Å². The smallest absolute Gasteiger partial charge is 0.187 e. The predicted octanol–water partition coefficient (Wildman–Crippen LogP) is -2.19. The van der Waals surface area contributed by atoms with Crippen LogP contribution in [0.3, 0.4) is 0 Å². The van der Waals surface area contributed by atoms with Gasteiger partial charge in [0.05, 0.1) is 55.9 Å². The Kier molecular flexibility index (Phi) is 16.2. The third-order valence-corrected chi connectivity index (χ3v) is 20.1. The van der Waals surface area contributed by atoms with E-state index in [9.17, 15) is 61.3 Å². The van der Waals surface area contributed by atoms with E-state index in [-0.39, 0.29) is 59.2 Å². The highest BCUT2D eigenvalue weighted by atomic mass is 16.8. The Morgan fingerprint density at radius 2 is 1.20 bits per heavy atom. The van der Waals surface area contributed by atoms with Crippen molar-refractivity contribution in [2.45, 2.75) is 245 Å². The maximum absolute atomic E-state index is 12.1. The van der Waals surface area contributed by atoms with Gasteiger partial charge in [0, 0.05) is 19.4 Å². The molecule has 10 rings (SSSR count). The summed E-state index contributed by atoms with van der Waals surface area (Å²) in [5.74, 6) is 0.117. The van der Waals surface area contributed by atoms with Gasteiger partial charge in [0.1, 0.15) is 85.5 Å². The van der Waals surface area contributed by atoms with Crippen molar-refractivity contribution in [3.05, 3.63) is 11.6 Å². The molecule has 4 aliphatic carbocycles. The number of methoxy groups -OCH3 is 1. The molecule has 3 saturated carbocycles. The standard InChI is InChI=1S/C52H84O23/c1-20-32-28(74-52(20)13-12-49(4,75-52)19-66-45-39(61)38(60)35(57)29(17-53)70-45)16-26-31-25(9-11-51(26,32)6)50(5)10-8-24(14-23(50)15-27(31)65-7)69-48-44(73-47-41(63)37(59)34(56)22(3)68-47)42(64)43(30(18-54)71-48)72-46-40(62)36(58)33(55)21(2)67-46/h15,20-22,24-48,53-64H,8-14,16-19H2,1-7H3/t20-,21-,22-,24-,25-,26+,27-,28-,29+,30+,31+,32+,33-,34-,35+,36+,37+,38-,39+,40+,41+,42-,43+,44+,45+,46-,47-,48+,49-,50-,51-,52-/m0/s1. The highest BCUT2D eigenvalue weighted by Crippen LogP contribution is 2.71. The Balaban J connectivity index is 0.834. The number of rotatable bonds is 12. The molecule has 0 aromatic carbocycles. The van der Waals surface area contributed by atoms with Crippen molar-refractivity contribution in [1.29, 1.82) is 0 Å². The quantitative estimate of drug-likeness (QED) is 0.0924. The Morgan fingerprint density at radius 1 is 0.600 bits per heavy atom. The molecule has 0 aromatic heterocycles. The summed E-state index contributed by atoms with van der Waals surface area (Å²) in [7, 11) is 1.75. The zero-order valence-corrected chi connectivity index (χ0v) is 43.9. The third-order valence-electron chi connectivity index (χ3n) is 20.1. The predicted molar refractivity (Wildman–Crippen MR) is 253 cm³/mol. The summed E-state index contributed by atoms with van der Waals surface area (Å²) in [5, 5.41) is 127. The second-order valence-corrected chi connectivity index (χ2v) is 24.5. The summed E-state index contributed by atoms with van der Waals surface area (Å²) in [5.41, 5.74) is 0.0575. The van der Waals surface area contributed by atoms with Crippen LogP contribution in [0.2, 0.25) is 0 Å². The molecule has 32 atom stereocenters. The number of aliphatic hydroxyl groups is 12. The molecule has 0 bridgehead atoms. The van der Waals surface area contributed by atoms with Crippen LogP contribution in [0.1, 0.15) is 92.9 Å². The van der Waals surface area contributed by atoms with E-state index in [2.05, 4.69) is 26.8 Å². The van der Waals surface area contributed by atoms with E-state index in [1.165, 1.54) is 19.4 Å². The minimum atomic E-state index is -1.76. The number of fused-ring (bicyclic) bond motifs is 7. The lowest BCUT2D eigenvalue weighted by molar-refractivity contribution is -0.388. The number of hydrogen-bond acceptors (Lipinski definition) is 23. The molecule has 75 heavy (non-hydrogen) atoms. The molecular weight excluding hydrogens is 993 g/mol. The van der Waals surface area contributed by atoms with E-state index in [4.69, 9.17) is 52.1 Å². The summed E-state index contributed by atoms with van der Waals surface area (Å²) < 4.78 is 68.8. The van der Waals surface area contributed by atoms with E-state index in [1.807, 2.05) is 6.92 Å². The Labute approximate surface area is 436 Å². The Hall–Kier alpha value is -1.18. The second kappa shape index (κ2) is 21.3. The normalized spacial score (nSPS) is 57.8. The van der Waals surface area contributed by atoms with Gasteiger partial charge in [-0.2, -0.15) is 0 Å². The van der Waals surface area contributed by atoms with E-state index in [0.29, 0.717) is 25.7 Å². The van der Waals surface area contributed by atoms with Crippen LogP contribution in [0.5, 0.6) is 0 Å². The lowest BCUT2D eigenvalue weighted by Gasteiger charge is -2.60. The van der Waals surface area contributed by atoms with Crippen molar-refractivity contribution in [3.63, 3.8) is 0 Å². The minimum Gasteiger partial charge on any atom is -0.394 e. The molecule has 0 radical (unpaired) electrons. The highest BCUT2D eigenvalue weighted by molar-refractivity contribution is 5.29. The van der Waals surface area contributed by atoms with E-state index >= 15 is 0 Å². The number of hydrogen-bond donors (Lipinski definition) is 12. The molecule has 0 unspecified atom stereocenters. The summed E-state index contributed by atoms with van der Waals surface area (Å²) >= 11 is 0. The van der Waals surface area contributed by atoms with Crippen LogP contribution < -0.4 is 0 Å². The maximum Gasteiger partial charge on any atom is 0.187 e. The van der Waals surface area contributed by atoms with Crippen LogP contribution in [0.4, 0.5) is 0 Å².